The number of aromatic nitrogens is 1. The van der Waals surface area contributed by atoms with E-state index < -0.39 is 0 Å². The van der Waals surface area contributed by atoms with Crippen molar-refractivity contribution in [3.05, 3.63) is 78.0 Å². The minimum absolute atomic E-state index is 0.351. The van der Waals surface area contributed by atoms with Gasteiger partial charge in [0.25, 0.3) is 0 Å². The SMILES string of the molecule is COCCCOc1ccc(C)c(-c2ccnc(N3N=C(Cc4ccccc4)SC3NC=O)c2)c1. The molecule has 2 heterocycles. The third-order valence-electron chi connectivity index (χ3n) is 5.36. The summed E-state index contributed by atoms with van der Waals surface area (Å²) in [5.41, 5.74) is 4.02. The van der Waals surface area contributed by atoms with Crippen molar-refractivity contribution in [3.63, 3.8) is 0 Å². The van der Waals surface area contributed by atoms with Crippen LogP contribution in [0.25, 0.3) is 11.1 Å². The standard InChI is InChI=1S/C26H28N4O3S/c1-19-9-10-22(33-14-6-13-32-2)17-23(19)21-11-12-27-24(16-21)30-26(28-18-31)34-25(29-30)15-20-7-4-3-5-8-20/h3-5,7-12,16-18,26H,6,13-15H2,1-2H3,(H,28,31). The Balaban J connectivity index is 1.57. The van der Waals surface area contributed by atoms with Gasteiger partial charge in [0.1, 0.15) is 10.8 Å². The van der Waals surface area contributed by atoms with E-state index >= 15 is 0 Å². The van der Waals surface area contributed by atoms with Gasteiger partial charge in [-0.3, -0.25) is 4.79 Å². The van der Waals surface area contributed by atoms with Crippen molar-refractivity contribution in [1.29, 1.82) is 0 Å². The molecule has 34 heavy (non-hydrogen) atoms. The zero-order valence-electron chi connectivity index (χ0n) is 19.3. The molecule has 176 valence electrons. The lowest BCUT2D eigenvalue weighted by molar-refractivity contribution is -0.109. The number of benzene rings is 2. The summed E-state index contributed by atoms with van der Waals surface area (Å²) in [6.07, 6.45) is 3.99. The Morgan fingerprint density at radius 2 is 1.97 bits per heavy atom. The molecule has 0 fully saturated rings. The highest BCUT2D eigenvalue weighted by molar-refractivity contribution is 8.14. The molecule has 1 N–H and O–H groups in total. The second kappa shape index (κ2) is 11.7. The first-order chi connectivity index (χ1) is 16.7. The number of anilines is 1. The van der Waals surface area contributed by atoms with Crippen molar-refractivity contribution in [3.8, 4) is 16.9 Å². The highest BCUT2D eigenvalue weighted by atomic mass is 32.2. The maximum absolute atomic E-state index is 11.3. The number of nitrogens with one attached hydrogen (secondary N) is 1. The van der Waals surface area contributed by atoms with E-state index in [1.165, 1.54) is 17.3 Å². The van der Waals surface area contributed by atoms with Gasteiger partial charge in [-0.2, -0.15) is 5.10 Å². The number of hydrogen-bond donors (Lipinski definition) is 1. The summed E-state index contributed by atoms with van der Waals surface area (Å²) in [5, 5.41) is 10.3. The molecule has 0 aliphatic carbocycles. The van der Waals surface area contributed by atoms with Gasteiger partial charge in [-0.15, -0.1) is 0 Å². The molecule has 1 aliphatic rings. The Morgan fingerprint density at radius 1 is 1.12 bits per heavy atom. The third kappa shape index (κ3) is 5.95. The lowest BCUT2D eigenvalue weighted by atomic mass is 10.0. The van der Waals surface area contributed by atoms with Crippen LogP contribution < -0.4 is 15.1 Å². The molecule has 1 amide bonds. The van der Waals surface area contributed by atoms with E-state index in [0.717, 1.165) is 33.9 Å². The zero-order valence-corrected chi connectivity index (χ0v) is 20.1. The fourth-order valence-electron chi connectivity index (χ4n) is 3.66. The van der Waals surface area contributed by atoms with Crippen LogP contribution in [0.4, 0.5) is 5.82 Å². The van der Waals surface area contributed by atoms with Gasteiger partial charge in [-0.25, -0.2) is 9.99 Å². The highest BCUT2D eigenvalue weighted by Crippen LogP contribution is 2.34. The van der Waals surface area contributed by atoms with Crippen molar-refractivity contribution in [2.45, 2.75) is 25.3 Å². The number of methoxy groups -OCH3 is 1. The number of aryl methyl sites for hydroxylation is 1. The van der Waals surface area contributed by atoms with Gasteiger partial charge in [0.15, 0.2) is 11.3 Å². The van der Waals surface area contributed by atoms with Crippen LogP contribution in [0.3, 0.4) is 0 Å². The molecule has 3 aromatic rings. The first kappa shape index (κ1) is 23.8. The van der Waals surface area contributed by atoms with Crippen LogP contribution in [0.2, 0.25) is 0 Å². The predicted molar refractivity (Wildman–Crippen MR) is 137 cm³/mol. The normalized spacial score (nSPS) is 15.2. The van der Waals surface area contributed by atoms with Crippen molar-refractivity contribution in [2.75, 3.05) is 25.3 Å². The number of hydrazone groups is 1. The molecule has 0 saturated heterocycles. The second-order valence-corrected chi connectivity index (χ2v) is 8.98. The van der Waals surface area contributed by atoms with Crippen LogP contribution in [-0.4, -0.2) is 42.3 Å². The quantitative estimate of drug-likeness (QED) is 0.322. The van der Waals surface area contributed by atoms with Gasteiger partial charge in [0.2, 0.25) is 6.41 Å². The van der Waals surface area contributed by atoms with Crippen LogP contribution in [0, 0.1) is 6.92 Å². The van der Waals surface area contributed by atoms with Crippen molar-refractivity contribution >= 4 is 29.0 Å². The molecule has 0 spiro atoms. The fourth-order valence-corrected chi connectivity index (χ4v) is 4.68. The number of pyridine rings is 1. The fraction of sp³-hybridized carbons (Fsp3) is 0.269. The molecular weight excluding hydrogens is 448 g/mol. The maximum Gasteiger partial charge on any atom is 0.209 e. The molecule has 0 radical (unpaired) electrons. The van der Waals surface area contributed by atoms with E-state index in [1.807, 2.05) is 42.5 Å². The third-order valence-corrected chi connectivity index (χ3v) is 6.42. The number of hydrogen-bond acceptors (Lipinski definition) is 7. The lowest BCUT2D eigenvalue weighted by Crippen LogP contribution is -2.37. The molecule has 1 atom stereocenters. The molecule has 8 heteroatoms. The average Bonchev–Trinajstić information content (AvgIpc) is 3.26. The first-order valence-electron chi connectivity index (χ1n) is 11.1. The van der Waals surface area contributed by atoms with Gasteiger partial charge in [-0.1, -0.05) is 48.2 Å². The molecule has 4 rings (SSSR count). The van der Waals surface area contributed by atoms with Gasteiger partial charge < -0.3 is 14.8 Å². The zero-order chi connectivity index (χ0) is 23.8. The second-order valence-electron chi connectivity index (χ2n) is 7.83. The van der Waals surface area contributed by atoms with Crippen LogP contribution in [0.1, 0.15) is 17.5 Å². The largest absolute Gasteiger partial charge is 0.493 e. The molecular formula is C26H28N4O3S. The topological polar surface area (TPSA) is 76.1 Å². The molecule has 1 aliphatic heterocycles. The van der Waals surface area contributed by atoms with E-state index in [-0.39, 0.29) is 5.50 Å². The van der Waals surface area contributed by atoms with Crippen molar-refractivity contribution in [2.24, 2.45) is 5.10 Å². The summed E-state index contributed by atoms with van der Waals surface area (Å²) in [6, 6.07) is 20.2. The van der Waals surface area contributed by atoms with E-state index in [4.69, 9.17) is 14.6 Å². The summed E-state index contributed by atoms with van der Waals surface area (Å²) < 4.78 is 11.0. The first-order valence-corrected chi connectivity index (χ1v) is 12.0. The van der Waals surface area contributed by atoms with E-state index in [0.29, 0.717) is 31.9 Å². The van der Waals surface area contributed by atoms with E-state index in [9.17, 15) is 4.79 Å². The van der Waals surface area contributed by atoms with Crippen LogP contribution in [-0.2, 0) is 16.0 Å². The molecule has 0 bridgehead atoms. The molecule has 1 aromatic heterocycles. The van der Waals surface area contributed by atoms with Gasteiger partial charge in [0, 0.05) is 32.8 Å². The lowest BCUT2D eigenvalue weighted by Gasteiger charge is -2.21. The van der Waals surface area contributed by atoms with Crippen LogP contribution >= 0.6 is 11.8 Å². The van der Waals surface area contributed by atoms with Crippen molar-refractivity contribution < 1.29 is 14.3 Å². The summed E-state index contributed by atoms with van der Waals surface area (Å²) >= 11 is 1.52. The maximum atomic E-state index is 11.3. The number of rotatable bonds is 11. The number of amides is 1. The summed E-state index contributed by atoms with van der Waals surface area (Å²) in [7, 11) is 1.69. The number of carbonyl (C=O) groups is 1. The van der Waals surface area contributed by atoms with Gasteiger partial charge in [-0.05, 0) is 53.4 Å². The van der Waals surface area contributed by atoms with Gasteiger partial charge >= 0.3 is 0 Å². The molecule has 1 unspecified atom stereocenters. The Hall–Kier alpha value is -3.36. The van der Waals surface area contributed by atoms with Crippen LogP contribution in [0.15, 0.2) is 72.0 Å². The van der Waals surface area contributed by atoms with Crippen LogP contribution in [0.5, 0.6) is 5.75 Å². The summed E-state index contributed by atoms with van der Waals surface area (Å²) in [5.74, 6) is 1.48. The number of thioether (sulfide) groups is 1. The molecule has 7 nitrogen and oxygen atoms in total. The summed E-state index contributed by atoms with van der Waals surface area (Å²) in [6.45, 7) is 3.34. The highest BCUT2D eigenvalue weighted by Gasteiger charge is 2.29. The Morgan fingerprint density at radius 3 is 2.76 bits per heavy atom. The number of carbonyl (C=O) groups excluding carboxylic acids is 1. The van der Waals surface area contributed by atoms with E-state index in [2.05, 4.69) is 35.4 Å². The minimum atomic E-state index is -0.351. The average molecular weight is 477 g/mol. The number of ether oxygens (including phenoxy) is 2. The summed E-state index contributed by atoms with van der Waals surface area (Å²) in [4.78, 5) is 15.8. The Kier molecular flexibility index (Phi) is 8.17. The number of nitrogens with zero attached hydrogens (tertiary/aromatic N) is 3. The Bertz CT molecular complexity index is 1140. The molecule has 2 aromatic carbocycles. The van der Waals surface area contributed by atoms with Gasteiger partial charge in [0.05, 0.1) is 6.61 Å². The predicted octanol–water partition coefficient (Wildman–Crippen LogP) is 4.61. The monoisotopic (exact) mass is 476 g/mol. The van der Waals surface area contributed by atoms with Crippen molar-refractivity contribution in [1.82, 2.24) is 10.3 Å². The molecule has 0 saturated carbocycles. The Labute approximate surface area is 204 Å². The smallest absolute Gasteiger partial charge is 0.209 e. The minimum Gasteiger partial charge on any atom is -0.493 e. The van der Waals surface area contributed by atoms with E-state index in [1.54, 1.807) is 18.3 Å².